The zero-order valence-corrected chi connectivity index (χ0v) is 8.66. The second kappa shape index (κ2) is 4.27. The molecule has 1 saturated heterocycles. The molecule has 0 saturated carbocycles. The van der Waals surface area contributed by atoms with E-state index in [-0.39, 0.29) is 23.8 Å². The molecule has 1 rings (SSSR count). The van der Waals surface area contributed by atoms with Gasteiger partial charge < -0.3 is 10.8 Å². The number of carboxylic acid groups (broad SMARTS) is 1. The molecule has 14 heavy (non-hydrogen) atoms. The number of hydrogen-bond acceptors (Lipinski definition) is 4. The molecule has 1 fully saturated rings. The maximum atomic E-state index is 11.1. The molecule has 1 heterocycles. The quantitative estimate of drug-likeness (QED) is 0.676. The van der Waals surface area contributed by atoms with E-state index in [9.17, 15) is 13.2 Å². The average molecular weight is 221 g/mol. The van der Waals surface area contributed by atoms with E-state index < -0.39 is 21.8 Å². The van der Waals surface area contributed by atoms with E-state index in [0.717, 1.165) is 0 Å². The maximum absolute atomic E-state index is 11.1. The summed E-state index contributed by atoms with van der Waals surface area (Å²) >= 11 is 0. The van der Waals surface area contributed by atoms with Gasteiger partial charge in [-0.2, -0.15) is 0 Å². The Kier molecular flexibility index (Phi) is 3.49. The van der Waals surface area contributed by atoms with Crippen LogP contribution in [0.3, 0.4) is 0 Å². The maximum Gasteiger partial charge on any atom is 0.303 e. The van der Waals surface area contributed by atoms with Gasteiger partial charge in [0.05, 0.1) is 11.5 Å². The molecule has 0 aromatic carbocycles. The predicted molar refractivity (Wildman–Crippen MR) is 51.6 cm³/mol. The minimum Gasteiger partial charge on any atom is -0.481 e. The molecule has 3 N–H and O–H groups in total. The van der Waals surface area contributed by atoms with E-state index in [1.54, 1.807) is 0 Å². The van der Waals surface area contributed by atoms with Crippen molar-refractivity contribution >= 4 is 15.8 Å². The fourth-order valence-corrected chi connectivity index (χ4v) is 3.41. The van der Waals surface area contributed by atoms with Crippen molar-refractivity contribution in [1.29, 1.82) is 0 Å². The van der Waals surface area contributed by atoms with Crippen molar-refractivity contribution < 1.29 is 18.3 Å². The highest BCUT2D eigenvalue weighted by Crippen LogP contribution is 2.22. The molecule has 0 spiro atoms. The Hall–Kier alpha value is -0.620. The van der Waals surface area contributed by atoms with Crippen molar-refractivity contribution in [3.63, 3.8) is 0 Å². The summed E-state index contributed by atoms with van der Waals surface area (Å²) in [7, 11) is -2.98. The van der Waals surface area contributed by atoms with Gasteiger partial charge in [0.15, 0.2) is 9.84 Å². The number of carboxylic acids is 1. The first-order valence-electron chi connectivity index (χ1n) is 4.58. The molecule has 0 amide bonds. The molecule has 0 aromatic heterocycles. The summed E-state index contributed by atoms with van der Waals surface area (Å²) < 4.78 is 22.3. The van der Waals surface area contributed by atoms with Crippen molar-refractivity contribution in [2.24, 2.45) is 11.7 Å². The second-order valence-electron chi connectivity index (χ2n) is 3.76. The number of rotatable bonds is 3. The summed E-state index contributed by atoms with van der Waals surface area (Å²) in [4.78, 5) is 10.3. The van der Waals surface area contributed by atoms with Gasteiger partial charge in [-0.25, -0.2) is 8.42 Å². The van der Waals surface area contributed by atoms with Crippen LogP contribution in [0.5, 0.6) is 0 Å². The minimum absolute atomic E-state index is 0.00269. The molecule has 0 aromatic rings. The first-order chi connectivity index (χ1) is 6.41. The van der Waals surface area contributed by atoms with Crippen LogP contribution >= 0.6 is 0 Å². The van der Waals surface area contributed by atoms with E-state index in [0.29, 0.717) is 12.8 Å². The molecule has 0 aliphatic carbocycles. The molecule has 82 valence electrons. The summed E-state index contributed by atoms with van der Waals surface area (Å²) in [6, 6.07) is -0.395. The van der Waals surface area contributed by atoms with Crippen LogP contribution in [0.2, 0.25) is 0 Å². The number of sulfone groups is 1. The SMILES string of the molecule is NC1CS(=O)(=O)CCC1CCC(=O)O. The Morgan fingerprint density at radius 2 is 2.14 bits per heavy atom. The fraction of sp³-hybridized carbons (Fsp3) is 0.875. The summed E-state index contributed by atoms with van der Waals surface area (Å²) in [6.07, 6.45) is 1.04. The normalized spacial score (nSPS) is 31.2. The van der Waals surface area contributed by atoms with Gasteiger partial charge in [-0.3, -0.25) is 4.79 Å². The Morgan fingerprint density at radius 3 is 2.64 bits per heavy atom. The summed E-state index contributed by atoms with van der Waals surface area (Å²) in [6.45, 7) is 0. The van der Waals surface area contributed by atoms with Crippen LogP contribution in [-0.4, -0.2) is 37.0 Å². The lowest BCUT2D eigenvalue weighted by Crippen LogP contribution is -2.43. The minimum atomic E-state index is -2.98. The Balaban J connectivity index is 2.46. The van der Waals surface area contributed by atoms with Gasteiger partial charge in [0.1, 0.15) is 0 Å². The molecule has 2 unspecified atom stereocenters. The zero-order chi connectivity index (χ0) is 10.8. The molecule has 2 atom stereocenters. The number of nitrogens with two attached hydrogens (primary N) is 1. The Bertz CT molecular complexity index is 311. The third-order valence-electron chi connectivity index (χ3n) is 2.58. The van der Waals surface area contributed by atoms with E-state index >= 15 is 0 Å². The van der Waals surface area contributed by atoms with Crippen LogP contribution in [0.15, 0.2) is 0 Å². The largest absolute Gasteiger partial charge is 0.481 e. The van der Waals surface area contributed by atoms with Gasteiger partial charge >= 0.3 is 5.97 Å². The van der Waals surface area contributed by atoms with Crippen molar-refractivity contribution in [3.05, 3.63) is 0 Å². The van der Waals surface area contributed by atoms with Gasteiger partial charge in [-0.05, 0) is 18.8 Å². The first-order valence-corrected chi connectivity index (χ1v) is 6.40. The predicted octanol–water partition coefficient (Wildman–Crippen LogP) is -0.387. The van der Waals surface area contributed by atoms with Gasteiger partial charge in [0.25, 0.3) is 0 Å². The third kappa shape index (κ3) is 3.26. The third-order valence-corrected chi connectivity index (χ3v) is 4.33. The van der Waals surface area contributed by atoms with E-state index in [1.807, 2.05) is 0 Å². The lowest BCUT2D eigenvalue weighted by molar-refractivity contribution is -0.137. The molecule has 6 heteroatoms. The van der Waals surface area contributed by atoms with Gasteiger partial charge in [-0.15, -0.1) is 0 Å². The van der Waals surface area contributed by atoms with Crippen molar-refractivity contribution in [1.82, 2.24) is 0 Å². The molecule has 0 radical (unpaired) electrons. The first kappa shape index (κ1) is 11.5. The average Bonchev–Trinajstić information content (AvgIpc) is 2.00. The van der Waals surface area contributed by atoms with E-state index in [1.165, 1.54) is 0 Å². The van der Waals surface area contributed by atoms with E-state index in [4.69, 9.17) is 10.8 Å². The van der Waals surface area contributed by atoms with Crippen molar-refractivity contribution in [3.8, 4) is 0 Å². The van der Waals surface area contributed by atoms with Gasteiger partial charge in [-0.1, -0.05) is 0 Å². The second-order valence-corrected chi connectivity index (χ2v) is 5.99. The number of aliphatic carboxylic acids is 1. The highest BCUT2D eigenvalue weighted by atomic mass is 32.2. The van der Waals surface area contributed by atoms with Crippen LogP contribution in [-0.2, 0) is 14.6 Å². The summed E-state index contributed by atoms with van der Waals surface area (Å²) in [5.74, 6) is -0.678. The van der Waals surface area contributed by atoms with Crippen LogP contribution in [0.1, 0.15) is 19.3 Å². The molecule has 1 aliphatic rings. The smallest absolute Gasteiger partial charge is 0.303 e. The zero-order valence-electron chi connectivity index (χ0n) is 7.85. The monoisotopic (exact) mass is 221 g/mol. The molecule has 5 nitrogen and oxygen atoms in total. The lowest BCUT2D eigenvalue weighted by atomic mass is 9.93. The topological polar surface area (TPSA) is 97.5 Å². The molecule has 1 aliphatic heterocycles. The number of carbonyl (C=O) groups is 1. The van der Waals surface area contributed by atoms with Crippen LogP contribution in [0, 0.1) is 5.92 Å². The highest BCUT2D eigenvalue weighted by molar-refractivity contribution is 7.91. The Labute approximate surface area is 83.2 Å². The Morgan fingerprint density at radius 1 is 1.50 bits per heavy atom. The standard InChI is InChI=1S/C8H15NO4S/c9-7-5-14(12,13)4-3-6(7)1-2-8(10)11/h6-7H,1-5,9H2,(H,10,11). The van der Waals surface area contributed by atoms with Gasteiger partial charge in [0, 0.05) is 12.5 Å². The van der Waals surface area contributed by atoms with Crippen LogP contribution in [0.4, 0.5) is 0 Å². The summed E-state index contributed by atoms with van der Waals surface area (Å²) in [5, 5.41) is 8.47. The van der Waals surface area contributed by atoms with Crippen LogP contribution < -0.4 is 5.73 Å². The van der Waals surface area contributed by atoms with E-state index in [2.05, 4.69) is 0 Å². The summed E-state index contributed by atoms with van der Waals surface area (Å²) in [5.41, 5.74) is 5.67. The van der Waals surface area contributed by atoms with Crippen LogP contribution in [0.25, 0.3) is 0 Å². The van der Waals surface area contributed by atoms with Crippen molar-refractivity contribution in [2.75, 3.05) is 11.5 Å². The lowest BCUT2D eigenvalue weighted by Gasteiger charge is -2.27. The molecular weight excluding hydrogens is 206 g/mol. The molecular formula is C8H15NO4S. The fourth-order valence-electron chi connectivity index (χ4n) is 1.72. The number of hydrogen-bond donors (Lipinski definition) is 2. The molecule has 0 bridgehead atoms. The van der Waals surface area contributed by atoms with Crippen molar-refractivity contribution in [2.45, 2.75) is 25.3 Å². The highest BCUT2D eigenvalue weighted by Gasteiger charge is 2.30. The van der Waals surface area contributed by atoms with Gasteiger partial charge in [0.2, 0.25) is 0 Å².